The van der Waals surface area contributed by atoms with Crippen LogP contribution in [0.2, 0.25) is 0 Å². The molecule has 1 rings (SSSR count). The molecule has 0 aliphatic heterocycles. The fourth-order valence-electron chi connectivity index (χ4n) is 0.771. The Kier molecular flexibility index (Phi) is 2.10. The molecule has 1 aromatic rings. The molecule has 9 heavy (non-hydrogen) atoms. The summed E-state index contributed by atoms with van der Waals surface area (Å²) in [4.78, 5) is 0. The van der Waals surface area contributed by atoms with Crippen LogP contribution in [0.1, 0.15) is 17.0 Å². The van der Waals surface area contributed by atoms with Crippen molar-refractivity contribution >= 4 is 22.6 Å². The Morgan fingerprint density at radius 2 is 2.22 bits per heavy atom. The number of nitrogens with zero attached hydrogens (tertiary/aromatic N) is 1. The predicted molar refractivity (Wildman–Crippen MR) is 45.8 cm³/mol. The zero-order valence-corrected chi connectivity index (χ0v) is 7.69. The maximum atomic E-state index is 4.06. The van der Waals surface area contributed by atoms with Crippen LogP contribution in [0.5, 0.6) is 0 Å². The Morgan fingerprint density at radius 1 is 1.56 bits per heavy atom. The second kappa shape index (κ2) is 2.68. The predicted octanol–water partition coefficient (Wildman–Crippen LogP) is 1.96. The molecule has 0 spiro atoms. The molecule has 0 saturated carbocycles. The molecule has 0 aliphatic rings. The number of aryl methyl sites for hydroxylation is 2. The van der Waals surface area contributed by atoms with Gasteiger partial charge in [-0.25, -0.2) is 0 Å². The SMILES string of the molecule is Cc1n[nH]c(C)c1CI. The molecule has 0 atom stereocenters. The van der Waals surface area contributed by atoms with Crippen LogP contribution in [0.3, 0.4) is 0 Å². The van der Waals surface area contributed by atoms with Gasteiger partial charge in [0.1, 0.15) is 0 Å². The van der Waals surface area contributed by atoms with Crippen molar-refractivity contribution in [3.63, 3.8) is 0 Å². The van der Waals surface area contributed by atoms with Crippen LogP contribution in [0.15, 0.2) is 0 Å². The quantitative estimate of drug-likeness (QED) is 0.586. The fourth-order valence-corrected chi connectivity index (χ4v) is 1.89. The smallest absolute Gasteiger partial charge is 0.0633 e. The van der Waals surface area contributed by atoms with E-state index in [1.165, 1.54) is 11.3 Å². The molecule has 0 saturated heterocycles. The number of alkyl halides is 1. The molecular weight excluding hydrogens is 227 g/mol. The van der Waals surface area contributed by atoms with Crippen molar-refractivity contribution < 1.29 is 0 Å². The van der Waals surface area contributed by atoms with Gasteiger partial charge >= 0.3 is 0 Å². The normalized spacial score (nSPS) is 10.1. The van der Waals surface area contributed by atoms with E-state index in [9.17, 15) is 0 Å². The van der Waals surface area contributed by atoms with Crippen molar-refractivity contribution in [2.45, 2.75) is 18.3 Å². The van der Waals surface area contributed by atoms with Crippen LogP contribution in [-0.4, -0.2) is 10.2 Å². The van der Waals surface area contributed by atoms with Crippen LogP contribution in [0.25, 0.3) is 0 Å². The molecule has 0 aliphatic carbocycles. The first-order valence-corrected chi connectivity index (χ1v) is 4.34. The van der Waals surface area contributed by atoms with Gasteiger partial charge < -0.3 is 0 Å². The molecule has 0 bridgehead atoms. The molecule has 1 heterocycles. The number of nitrogens with one attached hydrogen (secondary N) is 1. The summed E-state index contributed by atoms with van der Waals surface area (Å²) < 4.78 is 1.05. The zero-order valence-electron chi connectivity index (χ0n) is 5.53. The summed E-state index contributed by atoms with van der Waals surface area (Å²) in [5.74, 6) is 0. The number of hydrogen-bond acceptors (Lipinski definition) is 1. The first-order valence-electron chi connectivity index (χ1n) is 2.82. The van der Waals surface area contributed by atoms with Crippen molar-refractivity contribution in [3.8, 4) is 0 Å². The van der Waals surface area contributed by atoms with Gasteiger partial charge in [-0.3, -0.25) is 5.10 Å². The van der Waals surface area contributed by atoms with Crippen molar-refractivity contribution in [1.29, 1.82) is 0 Å². The monoisotopic (exact) mass is 236 g/mol. The molecule has 50 valence electrons. The van der Waals surface area contributed by atoms with E-state index in [0.717, 1.165) is 10.1 Å². The van der Waals surface area contributed by atoms with Gasteiger partial charge in [-0.2, -0.15) is 5.10 Å². The lowest BCUT2D eigenvalue weighted by molar-refractivity contribution is 1.02. The van der Waals surface area contributed by atoms with Gasteiger partial charge in [0.05, 0.1) is 5.69 Å². The van der Waals surface area contributed by atoms with E-state index in [2.05, 4.69) is 32.8 Å². The number of aromatic nitrogens is 2. The zero-order chi connectivity index (χ0) is 6.85. The highest BCUT2D eigenvalue weighted by molar-refractivity contribution is 14.1. The Balaban J connectivity index is 3.07. The summed E-state index contributed by atoms with van der Waals surface area (Å²) in [6, 6.07) is 0. The van der Waals surface area contributed by atoms with E-state index < -0.39 is 0 Å². The first kappa shape index (κ1) is 7.05. The number of halogens is 1. The molecule has 1 N–H and O–H groups in total. The Hall–Kier alpha value is -0.0600. The highest BCUT2D eigenvalue weighted by atomic mass is 127. The summed E-state index contributed by atoms with van der Waals surface area (Å²) in [7, 11) is 0. The third kappa shape index (κ3) is 1.26. The lowest BCUT2D eigenvalue weighted by Gasteiger charge is -1.89. The Bertz CT molecular complexity index is 185. The molecule has 3 heteroatoms. The first-order chi connectivity index (χ1) is 4.25. The van der Waals surface area contributed by atoms with Gasteiger partial charge in [-0.1, -0.05) is 22.6 Å². The minimum atomic E-state index is 1.05. The molecule has 2 nitrogen and oxygen atoms in total. The molecule has 0 amide bonds. The fraction of sp³-hybridized carbons (Fsp3) is 0.500. The van der Waals surface area contributed by atoms with Gasteiger partial charge in [-0.15, -0.1) is 0 Å². The van der Waals surface area contributed by atoms with E-state index >= 15 is 0 Å². The van der Waals surface area contributed by atoms with Crippen LogP contribution in [-0.2, 0) is 4.43 Å². The van der Waals surface area contributed by atoms with Crippen LogP contribution in [0, 0.1) is 13.8 Å². The topological polar surface area (TPSA) is 28.7 Å². The second-order valence-electron chi connectivity index (χ2n) is 2.05. The Labute approximate surface area is 68.2 Å². The van der Waals surface area contributed by atoms with Gasteiger partial charge in [0.2, 0.25) is 0 Å². The van der Waals surface area contributed by atoms with E-state index in [1.807, 2.05) is 13.8 Å². The van der Waals surface area contributed by atoms with E-state index in [-0.39, 0.29) is 0 Å². The summed E-state index contributed by atoms with van der Waals surface area (Å²) in [5, 5.41) is 6.99. The van der Waals surface area contributed by atoms with Crippen LogP contribution in [0.4, 0.5) is 0 Å². The summed E-state index contributed by atoms with van der Waals surface area (Å²) >= 11 is 2.34. The highest BCUT2D eigenvalue weighted by Crippen LogP contribution is 2.12. The van der Waals surface area contributed by atoms with Gasteiger partial charge in [0.15, 0.2) is 0 Å². The van der Waals surface area contributed by atoms with Crippen molar-refractivity contribution in [1.82, 2.24) is 10.2 Å². The van der Waals surface area contributed by atoms with Gasteiger partial charge in [0.25, 0.3) is 0 Å². The standard InChI is InChI=1S/C6H9IN2/c1-4-6(3-7)5(2)9-8-4/h3H2,1-2H3,(H,8,9). The third-order valence-corrected chi connectivity index (χ3v) is 2.18. The number of hydrogen-bond donors (Lipinski definition) is 1. The maximum absolute atomic E-state index is 4.06. The minimum Gasteiger partial charge on any atom is -0.282 e. The summed E-state index contributed by atoms with van der Waals surface area (Å²) in [6.45, 7) is 4.07. The minimum absolute atomic E-state index is 1.05. The molecule has 0 radical (unpaired) electrons. The van der Waals surface area contributed by atoms with Gasteiger partial charge in [0, 0.05) is 15.7 Å². The van der Waals surface area contributed by atoms with E-state index in [0.29, 0.717) is 0 Å². The van der Waals surface area contributed by atoms with Crippen molar-refractivity contribution in [3.05, 3.63) is 17.0 Å². The second-order valence-corrected chi connectivity index (χ2v) is 2.81. The molecule has 0 unspecified atom stereocenters. The van der Waals surface area contributed by atoms with E-state index in [1.54, 1.807) is 0 Å². The van der Waals surface area contributed by atoms with Crippen LogP contribution >= 0.6 is 22.6 Å². The molecule has 1 aromatic heterocycles. The molecule has 0 fully saturated rings. The maximum Gasteiger partial charge on any atom is 0.0633 e. The molecule has 0 aromatic carbocycles. The third-order valence-electron chi connectivity index (χ3n) is 1.41. The average Bonchev–Trinajstić information content (AvgIpc) is 2.12. The summed E-state index contributed by atoms with van der Waals surface area (Å²) in [5.41, 5.74) is 3.67. The van der Waals surface area contributed by atoms with Crippen LogP contribution < -0.4 is 0 Å². The molecular formula is C6H9IN2. The van der Waals surface area contributed by atoms with E-state index in [4.69, 9.17) is 0 Å². The Morgan fingerprint density at radius 3 is 2.44 bits per heavy atom. The lowest BCUT2D eigenvalue weighted by Crippen LogP contribution is -1.79. The largest absolute Gasteiger partial charge is 0.282 e. The number of rotatable bonds is 1. The average molecular weight is 236 g/mol. The van der Waals surface area contributed by atoms with Crippen molar-refractivity contribution in [2.75, 3.05) is 0 Å². The number of aromatic amines is 1. The number of H-pyrrole nitrogens is 1. The van der Waals surface area contributed by atoms with Gasteiger partial charge in [-0.05, 0) is 13.8 Å². The lowest BCUT2D eigenvalue weighted by atomic mass is 10.2. The summed E-state index contributed by atoms with van der Waals surface area (Å²) in [6.07, 6.45) is 0. The van der Waals surface area contributed by atoms with Crippen molar-refractivity contribution in [2.24, 2.45) is 0 Å². The highest BCUT2D eigenvalue weighted by Gasteiger charge is 2.01.